The van der Waals surface area contributed by atoms with Gasteiger partial charge in [-0.05, 0) is 33.4 Å². The quantitative estimate of drug-likeness (QED) is 0.629. The first-order valence-electron chi connectivity index (χ1n) is 4.80. The monoisotopic (exact) mass is 172 g/mol. The molecule has 0 radical (unpaired) electrons. The number of nitrogens with zero attached hydrogens (tertiary/aromatic N) is 1. The Morgan fingerprint density at radius 3 is 2.92 bits per heavy atom. The lowest BCUT2D eigenvalue weighted by molar-refractivity contribution is 0.163. The lowest BCUT2D eigenvalue weighted by Crippen LogP contribution is -2.30. The first-order valence-corrected chi connectivity index (χ1v) is 4.80. The number of aliphatic hydroxyl groups is 1. The molecule has 1 fully saturated rings. The smallest absolute Gasteiger partial charge is 0.0524 e. The average molecular weight is 172 g/mol. The Kier molecular flexibility index (Phi) is 3.98. The molecule has 0 aliphatic carbocycles. The molecule has 2 unspecified atom stereocenters. The van der Waals surface area contributed by atoms with Crippen molar-refractivity contribution in [1.29, 1.82) is 0 Å². The standard InChI is InChI=1S/C9H20N2O/c1-8(12)3-5-11-6-4-9(7-11)10-2/h8-10,12H,3-7H2,1-2H3. The third-order valence-electron chi connectivity index (χ3n) is 2.54. The van der Waals surface area contributed by atoms with Crippen molar-refractivity contribution in [2.45, 2.75) is 31.9 Å². The second-order valence-corrected chi connectivity index (χ2v) is 3.71. The van der Waals surface area contributed by atoms with Gasteiger partial charge in [0.05, 0.1) is 6.10 Å². The molecule has 0 saturated carbocycles. The molecule has 1 rings (SSSR count). The van der Waals surface area contributed by atoms with Gasteiger partial charge in [0.15, 0.2) is 0 Å². The fraction of sp³-hybridized carbons (Fsp3) is 1.00. The first kappa shape index (κ1) is 9.96. The Morgan fingerprint density at radius 1 is 1.67 bits per heavy atom. The van der Waals surface area contributed by atoms with Gasteiger partial charge < -0.3 is 15.3 Å². The Labute approximate surface area is 74.8 Å². The zero-order valence-corrected chi connectivity index (χ0v) is 8.08. The summed E-state index contributed by atoms with van der Waals surface area (Å²) in [5.41, 5.74) is 0. The van der Waals surface area contributed by atoms with Crippen molar-refractivity contribution in [2.75, 3.05) is 26.7 Å². The van der Waals surface area contributed by atoms with Crippen LogP contribution in [0.1, 0.15) is 19.8 Å². The SMILES string of the molecule is CNC1CCN(CCC(C)O)C1. The predicted molar refractivity (Wildman–Crippen MR) is 50.2 cm³/mol. The maximum atomic E-state index is 9.09. The first-order chi connectivity index (χ1) is 5.72. The lowest BCUT2D eigenvalue weighted by atomic mass is 10.3. The number of likely N-dealkylation sites (tertiary alicyclic amines) is 1. The minimum atomic E-state index is -0.154. The summed E-state index contributed by atoms with van der Waals surface area (Å²) in [4.78, 5) is 2.41. The Morgan fingerprint density at radius 2 is 2.42 bits per heavy atom. The van der Waals surface area contributed by atoms with Crippen LogP contribution in [0.25, 0.3) is 0 Å². The fourth-order valence-electron chi connectivity index (χ4n) is 1.64. The van der Waals surface area contributed by atoms with Gasteiger partial charge in [0, 0.05) is 19.1 Å². The van der Waals surface area contributed by atoms with Crippen LogP contribution in [0.4, 0.5) is 0 Å². The molecule has 0 aromatic rings. The zero-order chi connectivity index (χ0) is 8.97. The largest absolute Gasteiger partial charge is 0.393 e. The normalized spacial score (nSPS) is 27.8. The molecule has 3 nitrogen and oxygen atoms in total. The van der Waals surface area contributed by atoms with Crippen LogP contribution in [0.5, 0.6) is 0 Å². The summed E-state index contributed by atoms with van der Waals surface area (Å²) in [6.45, 7) is 5.21. The van der Waals surface area contributed by atoms with E-state index in [1.54, 1.807) is 0 Å². The van der Waals surface area contributed by atoms with E-state index in [-0.39, 0.29) is 6.10 Å². The number of likely N-dealkylation sites (N-methyl/N-ethyl adjacent to an activating group) is 1. The number of hydrogen-bond acceptors (Lipinski definition) is 3. The molecule has 0 bridgehead atoms. The van der Waals surface area contributed by atoms with Crippen molar-refractivity contribution < 1.29 is 5.11 Å². The van der Waals surface area contributed by atoms with Gasteiger partial charge in [-0.3, -0.25) is 0 Å². The zero-order valence-electron chi connectivity index (χ0n) is 8.08. The summed E-state index contributed by atoms with van der Waals surface area (Å²) in [5, 5.41) is 12.4. The molecule has 2 N–H and O–H groups in total. The molecule has 0 spiro atoms. The van der Waals surface area contributed by atoms with Crippen LogP contribution in [-0.4, -0.2) is 48.8 Å². The Balaban J connectivity index is 2.11. The second kappa shape index (κ2) is 4.80. The van der Waals surface area contributed by atoms with E-state index < -0.39 is 0 Å². The van der Waals surface area contributed by atoms with Crippen LogP contribution in [-0.2, 0) is 0 Å². The van der Waals surface area contributed by atoms with E-state index >= 15 is 0 Å². The van der Waals surface area contributed by atoms with Gasteiger partial charge >= 0.3 is 0 Å². The molecule has 0 aromatic carbocycles. The summed E-state index contributed by atoms with van der Waals surface area (Å²) >= 11 is 0. The molecular formula is C9H20N2O. The van der Waals surface area contributed by atoms with E-state index in [0.717, 1.165) is 19.5 Å². The van der Waals surface area contributed by atoms with Crippen LogP contribution in [0.3, 0.4) is 0 Å². The summed E-state index contributed by atoms with van der Waals surface area (Å²) in [6, 6.07) is 0.666. The predicted octanol–water partition coefficient (Wildman–Crippen LogP) is 0.0510. The van der Waals surface area contributed by atoms with E-state index in [1.165, 1.54) is 13.0 Å². The summed E-state index contributed by atoms with van der Waals surface area (Å²) in [7, 11) is 2.02. The van der Waals surface area contributed by atoms with Gasteiger partial charge in [0.1, 0.15) is 0 Å². The van der Waals surface area contributed by atoms with Crippen LogP contribution in [0.2, 0.25) is 0 Å². The number of rotatable bonds is 4. The number of nitrogens with one attached hydrogen (secondary N) is 1. The number of hydrogen-bond donors (Lipinski definition) is 2. The van der Waals surface area contributed by atoms with E-state index in [4.69, 9.17) is 5.11 Å². The van der Waals surface area contributed by atoms with Gasteiger partial charge in [0.2, 0.25) is 0 Å². The summed E-state index contributed by atoms with van der Waals surface area (Å²) in [5.74, 6) is 0. The molecule has 1 aliphatic rings. The Hall–Kier alpha value is -0.120. The fourth-order valence-corrected chi connectivity index (χ4v) is 1.64. The minimum absolute atomic E-state index is 0.154. The highest BCUT2D eigenvalue weighted by molar-refractivity contribution is 4.79. The van der Waals surface area contributed by atoms with Crippen molar-refractivity contribution in [1.82, 2.24) is 10.2 Å². The highest BCUT2D eigenvalue weighted by atomic mass is 16.3. The van der Waals surface area contributed by atoms with Crippen LogP contribution in [0.15, 0.2) is 0 Å². The van der Waals surface area contributed by atoms with Crippen molar-refractivity contribution in [2.24, 2.45) is 0 Å². The molecule has 1 aliphatic heterocycles. The lowest BCUT2D eigenvalue weighted by Gasteiger charge is -2.16. The van der Waals surface area contributed by atoms with Gasteiger partial charge in [-0.1, -0.05) is 0 Å². The molecule has 1 heterocycles. The molecule has 1 saturated heterocycles. The summed E-state index contributed by atoms with van der Waals surface area (Å²) < 4.78 is 0. The van der Waals surface area contributed by atoms with Gasteiger partial charge in [-0.2, -0.15) is 0 Å². The minimum Gasteiger partial charge on any atom is -0.393 e. The van der Waals surface area contributed by atoms with Crippen molar-refractivity contribution in [3.05, 3.63) is 0 Å². The molecule has 0 aromatic heterocycles. The molecule has 3 heteroatoms. The molecule has 0 amide bonds. The molecule has 2 atom stereocenters. The molecule has 72 valence electrons. The van der Waals surface area contributed by atoms with Gasteiger partial charge in [-0.25, -0.2) is 0 Å². The van der Waals surface area contributed by atoms with Gasteiger partial charge in [-0.15, -0.1) is 0 Å². The van der Waals surface area contributed by atoms with Gasteiger partial charge in [0.25, 0.3) is 0 Å². The van der Waals surface area contributed by atoms with E-state index in [2.05, 4.69) is 10.2 Å². The number of aliphatic hydroxyl groups excluding tert-OH is 1. The van der Waals surface area contributed by atoms with Crippen molar-refractivity contribution in [3.8, 4) is 0 Å². The highest BCUT2D eigenvalue weighted by Crippen LogP contribution is 2.09. The Bertz CT molecular complexity index is 128. The van der Waals surface area contributed by atoms with Crippen molar-refractivity contribution >= 4 is 0 Å². The highest BCUT2D eigenvalue weighted by Gasteiger charge is 2.20. The third kappa shape index (κ3) is 3.09. The topological polar surface area (TPSA) is 35.5 Å². The van der Waals surface area contributed by atoms with E-state index in [9.17, 15) is 0 Å². The van der Waals surface area contributed by atoms with E-state index in [1.807, 2.05) is 14.0 Å². The second-order valence-electron chi connectivity index (χ2n) is 3.71. The molecule has 12 heavy (non-hydrogen) atoms. The van der Waals surface area contributed by atoms with Crippen LogP contribution >= 0.6 is 0 Å². The van der Waals surface area contributed by atoms with Crippen molar-refractivity contribution in [3.63, 3.8) is 0 Å². The van der Waals surface area contributed by atoms with E-state index in [0.29, 0.717) is 6.04 Å². The summed E-state index contributed by atoms with van der Waals surface area (Å²) in [6.07, 6.45) is 1.99. The molecular weight excluding hydrogens is 152 g/mol. The third-order valence-corrected chi connectivity index (χ3v) is 2.54. The van der Waals surface area contributed by atoms with Crippen LogP contribution < -0.4 is 5.32 Å². The average Bonchev–Trinajstić information content (AvgIpc) is 2.48. The maximum Gasteiger partial charge on any atom is 0.0524 e. The maximum absolute atomic E-state index is 9.09. The van der Waals surface area contributed by atoms with Crippen LogP contribution in [0, 0.1) is 0 Å².